The molecule has 18 heteroatoms. The van der Waals surface area contributed by atoms with E-state index in [1.807, 2.05) is 0 Å². The molecule has 16 nitrogen and oxygen atoms in total. The lowest BCUT2D eigenvalue weighted by Crippen LogP contribution is -2.59. The van der Waals surface area contributed by atoms with Crippen molar-refractivity contribution in [1.29, 1.82) is 0 Å². The average Bonchev–Trinajstić information content (AvgIpc) is 3.93. The van der Waals surface area contributed by atoms with Crippen LogP contribution in [0.25, 0.3) is 0 Å². The number of hydrogen-bond acceptors (Lipinski definition) is 9. The van der Waals surface area contributed by atoms with E-state index in [4.69, 9.17) is 4.74 Å². The summed E-state index contributed by atoms with van der Waals surface area (Å²) < 4.78 is 48.0. The van der Waals surface area contributed by atoms with Crippen LogP contribution in [0.15, 0.2) is 43.5 Å². The normalized spacial score (nSPS) is 26.6. The van der Waals surface area contributed by atoms with Crippen molar-refractivity contribution in [1.82, 2.24) is 30.1 Å². The van der Waals surface area contributed by atoms with Crippen LogP contribution in [0.1, 0.15) is 68.5 Å². The van der Waals surface area contributed by atoms with E-state index in [0.717, 1.165) is 33.6 Å². The summed E-state index contributed by atoms with van der Waals surface area (Å²) in [5.41, 5.74) is -1.16. The largest absolute Gasteiger partial charge is 0.465 e. The first-order valence-electron chi connectivity index (χ1n) is 18.0. The topological polar surface area (TPSA) is 212 Å². The molecule has 0 spiro atoms. The van der Waals surface area contributed by atoms with Gasteiger partial charge in [0, 0.05) is 31.0 Å². The van der Waals surface area contributed by atoms with Gasteiger partial charge < -0.3 is 30.3 Å². The lowest BCUT2D eigenvalue weighted by Gasteiger charge is -2.32. The molecule has 0 aromatic heterocycles. The lowest BCUT2D eigenvalue weighted by molar-refractivity contribution is -0.141. The van der Waals surface area contributed by atoms with Crippen LogP contribution in [0, 0.1) is 17.7 Å². The second-order valence-corrected chi connectivity index (χ2v) is 16.7. The van der Waals surface area contributed by atoms with Crippen molar-refractivity contribution in [3.63, 3.8) is 0 Å². The summed E-state index contributed by atoms with van der Waals surface area (Å²) >= 11 is 0. The van der Waals surface area contributed by atoms with Crippen LogP contribution in [-0.2, 0) is 40.5 Å². The number of likely N-dealkylation sites (tertiary alicyclic amines) is 1. The van der Waals surface area contributed by atoms with E-state index in [1.54, 1.807) is 6.07 Å². The Labute approximate surface area is 312 Å². The van der Waals surface area contributed by atoms with Crippen molar-refractivity contribution < 1.29 is 51.4 Å². The Morgan fingerprint density at radius 2 is 1.81 bits per heavy atom. The maximum Gasteiger partial charge on any atom is 0.408 e. The Balaban J connectivity index is 1.33. The van der Waals surface area contributed by atoms with Gasteiger partial charge in [-0.2, -0.15) is 0 Å². The molecule has 1 aromatic carbocycles. The molecule has 1 unspecified atom stereocenters. The zero-order valence-electron chi connectivity index (χ0n) is 29.9. The van der Waals surface area contributed by atoms with Crippen molar-refractivity contribution >= 4 is 45.8 Å². The van der Waals surface area contributed by atoms with Gasteiger partial charge in [-0.3, -0.25) is 28.8 Å². The van der Waals surface area contributed by atoms with Crippen LogP contribution in [0.5, 0.6) is 0 Å². The van der Waals surface area contributed by atoms with E-state index in [0.29, 0.717) is 31.2 Å². The van der Waals surface area contributed by atoms with Crippen LogP contribution in [0.3, 0.4) is 0 Å². The number of nitrogens with one attached hydrogen (secondary N) is 3. The van der Waals surface area contributed by atoms with Gasteiger partial charge in [0.1, 0.15) is 29.5 Å². The van der Waals surface area contributed by atoms with Gasteiger partial charge >= 0.3 is 12.2 Å². The quantitative estimate of drug-likeness (QED) is 0.169. The van der Waals surface area contributed by atoms with Crippen molar-refractivity contribution in [3.8, 4) is 0 Å². The smallest absolute Gasteiger partial charge is 0.408 e. The van der Waals surface area contributed by atoms with Gasteiger partial charge in [0.25, 0.3) is 5.91 Å². The number of carboxylic acid groups (broad SMARTS) is 1. The predicted molar refractivity (Wildman–Crippen MR) is 189 cm³/mol. The van der Waals surface area contributed by atoms with E-state index < -0.39 is 92.4 Å². The molecule has 292 valence electrons. The number of sulfonamides is 1. The van der Waals surface area contributed by atoms with E-state index >= 15 is 0 Å². The van der Waals surface area contributed by atoms with E-state index in [1.165, 1.54) is 25.3 Å². The number of amides is 6. The fourth-order valence-corrected chi connectivity index (χ4v) is 9.36. The van der Waals surface area contributed by atoms with Crippen LogP contribution >= 0.6 is 0 Å². The number of ether oxygens (including phenoxy) is 1. The molecule has 4 N–H and O–H groups in total. The van der Waals surface area contributed by atoms with Gasteiger partial charge in [0.05, 0.1) is 24.4 Å². The number of halogens is 1. The molecule has 0 radical (unpaired) electrons. The van der Waals surface area contributed by atoms with Gasteiger partial charge in [-0.25, -0.2) is 22.4 Å². The van der Waals surface area contributed by atoms with Crippen molar-refractivity contribution in [3.05, 3.63) is 60.5 Å². The van der Waals surface area contributed by atoms with Crippen molar-refractivity contribution in [2.45, 2.75) is 92.9 Å². The molecule has 2 aliphatic heterocycles. The van der Waals surface area contributed by atoms with Crippen LogP contribution < -0.4 is 15.4 Å². The molecule has 6 amide bonds. The van der Waals surface area contributed by atoms with Gasteiger partial charge in [0.2, 0.25) is 27.7 Å². The minimum Gasteiger partial charge on any atom is -0.465 e. The maximum absolute atomic E-state index is 15.0. The summed E-state index contributed by atoms with van der Waals surface area (Å²) in [6, 6.07) is 0.438. The summed E-state index contributed by atoms with van der Waals surface area (Å²) in [7, 11) is -2.60. The fraction of sp³-hybridized carbons (Fsp3) is 0.556. The SMILES string of the molecule is C=CC(=O)N(C)C[C@H](NC(=O)OC1CCCC1)C(=O)N1C[C@H](C2c3cccc(F)c3CN2C(=O)O)C[C@H]1C(=O)N[C@]1(C(=O)NS(=O)(=O)C2CC2)C[C@H]1C=C. The number of nitrogens with zero attached hydrogens (tertiary/aromatic N) is 3. The summed E-state index contributed by atoms with van der Waals surface area (Å²) in [5.74, 6) is -5.19. The molecular formula is C36H45FN6O10S. The van der Waals surface area contributed by atoms with E-state index in [9.17, 15) is 46.7 Å². The number of likely N-dealkylation sites (N-methyl/N-ethyl adjacent to an activating group) is 1. The third kappa shape index (κ3) is 7.65. The third-order valence-electron chi connectivity index (χ3n) is 11.2. The number of fused-ring (bicyclic) bond motifs is 1. The van der Waals surface area contributed by atoms with Crippen LogP contribution in [0.2, 0.25) is 0 Å². The van der Waals surface area contributed by atoms with Crippen molar-refractivity contribution in [2.75, 3.05) is 20.1 Å². The van der Waals surface area contributed by atoms with Gasteiger partial charge in [0.15, 0.2) is 0 Å². The summed E-state index contributed by atoms with van der Waals surface area (Å²) in [6.07, 6.45) is 3.50. The Hall–Kier alpha value is -5.00. The van der Waals surface area contributed by atoms with Gasteiger partial charge in [-0.1, -0.05) is 24.8 Å². The highest BCUT2D eigenvalue weighted by molar-refractivity contribution is 7.91. The third-order valence-corrected chi connectivity index (χ3v) is 13.0. The number of alkyl carbamates (subject to hydrolysis) is 1. The highest BCUT2D eigenvalue weighted by Gasteiger charge is 2.62. The first-order valence-corrected chi connectivity index (χ1v) is 19.6. The number of rotatable bonds is 13. The maximum atomic E-state index is 15.0. The lowest BCUT2D eigenvalue weighted by atomic mass is 9.90. The molecule has 3 saturated carbocycles. The minimum absolute atomic E-state index is 0.0338. The van der Waals surface area contributed by atoms with Crippen molar-refractivity contribution in [2.24, 2.45) is 11.8 Å². The number of carbonyl (C=O) groups is 6. The molecule has 0 bridgehead atoms. The molecule has 2 heterocycles. The Morgan fingerprint density at radius 3 is 2.43 bits per heavy atom. The minimum atomic E-state index is -3.99. The number of carbonyl (C=O) groups excluding carboxylic acids is 5. The molecule has 5 aliphatic rings. The Morgan fingerprint density at radius 1 is 1.11 bits per heavy atom. The molecular weight excluding hydrogens is 727 g/mol. The van der Waals surface area contributed by atoms with Crippen LogP contribution in [0.4, 0.5) is 14.0 Å². The Bertz CT molecular complexity index is 1870. The van der Waals surface area contributed by atoms with Gasteiger partial charge in [-0.15, -0.1) is 6.58 Å². The molecule has 6 rings (SSSR count). The molecule has 1 aromatic rings. The first-order chi connectivity index (χ1) is 25.6. The zero-order chi connectivity index (χ0) is 39.1. The molecule has 3 aliphatic carbocycles. The molecule has 54 heavy (non-hydrogen) atoms. The summed E-state index contributed by atoms with van der Waals surface area (Å²) in [6.45, 7) is 6.32. The number of benzene rings is 1. The molecule has 4 fully saturated rings. The zero-order valence-corrected chi connectivity index (χ0v) is 30.7. The molecule has 6 atom stereocenters. The van der Waals surface area contributed by atoms with E-state index in [2.05, 4.69) is 28.5 Å². The average molecular weight is 773 g/mol. The summed E-state index contributed by atoms with van der Waals surface area (Å²) in [4.78, 5) is 84.0. The Kier molecular flexibility index (Phi) is 10.8. The summed E-state index contributed by atoms with van der Waals surface area (Å²) in [5, 5.41) is 14.7. The highest BCUT2D eigenvalue weighted by Crippen LogP contribution is 2.47. The predicted octanol–water partition coefficient (Wildman–Crippen LogP) is 1.93. The van der Waals surface area contributed by atoms with E-state index in [-0.39, 0.29) is 44.1 Å². The van der Waals surface area contributed by atoms with Crippen LogP contribution in [-0.4, -0.2) is 113 Å². The first kappa shape index (κ1) is 38.7. The highest BCUT2D eigenvalue weighted by atomic mass is 32.2. The molecule has 1 saturated heterocycles. The second-order valence-electron chi connectivity index (χ2n) is 14.8. The van der Waals surface area contributed by atoms with Gasteiger partial charge in [-0.05, 0) is 69.1 Å². The number of hydrogen-bond donors (Lipinski definition) is 4. The standard InChI is InChI=1S/C36H45FN6O10S/c1-4-21-16-36(21,33(47)40-54(51,52)23-13-14-23)39-31(45)28-15-20(30-24-11-8-12-26(37)25(24)18-43(30)35(49)50)17-42(28)32(46)27(19-41(3)29(44)5-2)38-34(48)53-22-9-6-7-10-22/h4-5,8,11-12,20-23,27-28,30H,1-2,6-7,9-10,13-19H2,3H3,(H,38,48)(H,39,45)(H,40,47)(H,49,50)/t20-,21-,27+,28+,30?,36-/m1/s1. The monoisotopic (exact) mass is 772 g/mol. The second kappa shape index (κ2) is 15.0. The fourth-order valence-electron chi connectivity index (χ4n) is 8.00.